The molecule has 0 bridgehead atoms. The number of hydrogen-bond acceptors (Lipinski definition) is 5. The van der Waals surface area contributed by atoms with Gasteiger partial charge in [0.2, 0.25) is 0 Å². The number of rotatable bonds is 8. The lowest BCUT2D eigenvalue weighted by Gasteiger charge is -2.19. The number of nitrogens with one attached hydrogen (secondary N) is 3. The van der Waals surface area contributed by atoms with Crippen molar-refractivity contribution in [1.29, 1.82) is 0 Å². The second-order valence-corrected chi connectivity index (χ2v) is 7.70. The van der Waals surface area contributed by atoms with Crippen LogP contribution >= 0.6 is 0 Å². The Hall–Kier alpha value is -2.87. The molecule has 0 aliphatic carbocycles. The first-order chi connectivity index (χ1) is 13.4. The molecule has 0 saturated carbocycles. The standard InChI is InChI=1S/C20H28N6O2/c1-20(2,3)28-19(27)22-10-9-21-8-4-5-15-12-23-18-7-6-16(11-17(15)18)26-13-24-25-14-26/h6-7,11-14,21,23H,4-5,8-10H2,1-3H3,(H,22,27). The quantitative estimate of drug-likeness (QED) is 0.519. The molecule has 0 radical (unpaired) electrons. The van der Waals surface area contributed by atoms with E-state index in [1.54, 1.807) is 12.7 Å². The van der Waals surface area contributed by atoms with Crippen LogP contribution in [0.2, 0.25) is 0 Å². The van der Waals surface area contributed by atoms with Crippen molar-refractivity contribution in [3.8, 4) is 5.69 Å². The van der Waals surface area contributed by atoms with Crippen LogP contribution in [-0.2, 0) is 11.2 Å². The van der Waals surface area contributed by atoms with E-state index in [9.17, 15) is 4.79 Å². The number of amides is 1. The summed E-state index contributed by atoms with van der Waals surface area (Å²) in [5.74, 6) is 0. The summed E-state index contributed by atoms with van der Waals surface area (Å²) in [5.41, 5.74) is 3.00. The summed E-state index contributed by atoms with van der Waals surface area (Å²) in [6.45, 7) is 7.70. The molecule has 3 N–H and O–H groups in total. The number of carbonyl (C=O) groups is 1. The molecule has 1 aromatic carbocycles. The second-order valence-electron chi connectivity index (χ2n) is 7.70. The maximum atomic E-state index is 11.6. The summed E-state index contributed by atoms with van der Waals surface area (Å²) >= 11 is 0. The average molecular weight is 384 g/mol. The summed E-state index contributed by atoms with van der Waals surface area (Å²) in [7, 11) is 0. The minimum absolute atomic E-state index is 0.378. The summed E-state index contributed by atoms with van der Waals surface area (Å²) in [5, 5.41) is 15.0. The number of carbonyl (C=O) groups excluding carboxylic acids is 1. The zero-order chi connectivity index (χ0) is 20.0. The van der Waals surface area contributed by atoms with Gasteiger partial charge in [-0.3, -0.25) is 4.57 Å². The van der Waals surface area contributed by atoms with E-state index < -0.39 is 5.60 Å². The van der Waals surface area contributed by atoms with Gasteiger partial charge < -0.3 is 20.4 Å². The number of benzene rings is 1. The number of aromatic amines is 1. The Morgan fingerprint density at radius 3 is 2.71 bits per heavy atom. The Morgan fingerprint density at radius 2 is 1.96 bits per heavy atom. The van der Waals surface area contributed by atoms with Crippen LogP contribution in [0.4, 0.5) is 4.79 Å². The third-order valence-electron chi connectivity index (χ3n) is 4.24. The number of aryl methyl sites for hydroxylation is 1. The monoisotopic (exact) mass is 384 g/mol. The van der Waals surface area contributed by atoms with Crippen LogP contribution in [0.1, 0.15) is 32.8 Å². The Morgan fingerprint density at radius 1 is 1.18 bits per heavy atom. The Labute approximate surface area is 164 Å². The molecular formula is C20H28N6O2. The van der Waals surface area contributed by atoms with Gasteiger partial charge in [0.25, 0.3) is 0 Å². The molecule has 2 aromatic heterocycles. The molecule has 3 aromatic rings. The Kier molecular flexibility index (Phi) is 6.30. The first kappa shape index (κ1) is 19.9. The van der Waals surface area contributed by atoms with Gasteiger partial charge in [-0.1, -0.05) is 0 Å². The van der Waals surface area contributed by atoms with Crippen LogP contribution < -0.4 is 10.6 Å². The number of H-pyrrole nitrogens is 1. The molecule has 150 valence electrons. The molecule has 0 aliphatic heterocycles. The molecule has 8 nitrogen and oxygen atoms in total. The van der Waals surface area contributed by atoms with E-state index in [2.05, 4.69) is 44.1 Å². The lowest BCUT2D eigenvalue weighted by atomic mass is 10.1. The molecule has 0 aliphatic rings. The zero-order valence-corrected chi connectivity index (χ0v) is 16.7. The van der Waals surface area contributed by atoms with Crippen LogP contribution in [0.15, 0.2) is 37.1 Å². The maximum Gasteiger partial charge on any atom is 0.407 e. The molecule has 8 heteroatoms. The van der Waals surface area contributed by atoms with Crippen LogP contribution in [0, 0.1) is 0 Å². The van der Waals surface area contributed by atoms with Gasteiger partial charge in [0.15, 0.2) is 0 Å². The lowest BCUT2D eigenvalue weighted by Crippen LogP contribution is -2.36. The third kappa shape index (κ3) is 5.56. The fraction of sp³-hybridized carbons (Fsp3) is 0.450. The molecule has 0 unspecified atom stereocenters. The largest absolute Gasteiger partial charge is 0.444 e. The zero-order valence-electron chi connectivity index (χ0n) is 16.7. The molecular weight excluding hydrogens is 356 g/mol. The minimum Gasteiger partial charge on any atom is -0.444 e. The van der Waals surface area contributed by atoms with Crippen LogP contribution in [-0.4, -0.2) is 51.1 Å². The SMILES string of the molecule is CC(C)(C)OC(=O)NCCNCCCc1c[nH]c2ccc(-n3cnnc3)cc12. The van der Waals surface area contributed by atoms with Crippen molar-refractivity contribution in [2.75, 3.05) is 19.6 Å². The van der Waals surface area contributed by atoms with E-state index in [-0.39, 0.29) is 6.09 Å². The van der Waals surface area contributed by atoms with E-state index in [4.69, 9.17) is 4.74 Å². The van der Waals surface area contributed by atoms with Gasteiger partial charge in [-0.15, -0.1) is 10.2 Å². The molecule has 1 amide bonds. The molecule has 3 rings (SSSR count). The van der Waals surface area contributed by atoms with Gasteiger partial charge in [0, 0.05) is 35.9 Å². The first-order valence-electron chi connectivity index (χ1n) is 9.55. The summed E-state index contributed by atoms with van der Waals surface area (Å²) in [6, 6.07) is 6.28. The summed E-state index contributed by atoms with van der Waals surface area (Å²) in [4.78, 5) is 14.9. The number of hydrogen-bond donors (Lipinski definition) is 3. The fourth-order valence-electron chi connectivity index (χ4n) is 2.96. The van der Waals surface area contributed by atoms with Crippen molar-refractivity contribution < 1.29 is 9.53 Å². The van der Waals surface area contributed by atoms with Gasteiger partial charge in [-0.05, 0) is 63.9 Å². The van der Waals surface area contributed by atoms with Gasteiger partial charge in [0.1, 0.15) is 18.3 Å². The normalized spacial score (nSPS) is 11.7. The van der Waals surface area contributed by atoms with Crippen molar-refractivity contribution >= 4 is 17.0 Å². The van der Waals surface area contributed by atoms with Gasteiger partial charge in [-0.25, -0.2) is 4.79 Å². The number of aromatic nitrogens is 4. The highest BCUT2D eigenvalue weighted by atomic mass is 16.6. The van der Waals surface area contributed by atoms with Crippen molar-refractivity contribution in [3.63, 3.8) is 0 Å². The lowest BCUT2D eigenvalue weighted by molar-refractivity contribution is 0.0528. The number of ether oxygens (including phenoxy) is 1. The van der Waals surface area contributed by atoms with E-state index in [1.165, 1.54) is 10.9 Å². The number of alkyl carbamates (subject to hydrolysis) is 1. The van der Waals surface area contributed by atoms with Gasteiger partial charge in [0.05, 0.1) is 0 Å². The highest BCUT2D eigenvalue weighted by Crippen LogP contribution is 2.22. The van der Waals surface area contributed by atoms with Crippen LogP contribution in [0.25, 0.3) is 16.6 Å². The van der Waals surface area contributed by atoms with Crippen molar-refractivity contribution in [2.24, 2.45) is 0 Å². The minimum atomic E-state index is -0.467. The molecule has 0 spiro atoms. The molecule has 0 atom stereocenters. The van der Waals surface area contributed by atoms with E-state index >= 15 is 0 Å². The van der Waals surface area contributed by atoms with Crippen molar-refractivity contribution in [3.05, 3.63) is 42.6 Å². The Balaban J connectivity index is 1.41. The van der Waals surface area contributed by atoms with Crippen LogP contribution in [0.3, 0.4) is 0 Å². The molecule has 28 heavy (non-hydrogen) atoms. The summed E-state index contributed by atoms with van der Waals surface area (Å²) < 4.78 is 7.10. The van der Waals surface area contributed by atoms with E-state index in [0.717, 1.165) is 30.6 Å². The second kappa shape index (κ2) is 8.88. The predicted octanol–water partition coefficient (Wildman–Crippen LogP) is 2.80. The van der Waals surface area contributed by atoms with Crippen molar-refractivity contribution in [1.82, 2.24) is 30.4 Å². The smallest absolute Gasteiger partial charge is 0.407 e. The topological polar surface area (TPSA) is 96.9 Å². The average Bonchev–Trinajstić information content (AvgIpc) is 3.29. The van der Waals surface area contributed by atoms with Crippen molar-refractivity contribution in [2.45, 2.75) is 39.2 Å². The maximum absolute atomic E-state index is 11.6. The highest BCUT2D eigenvalue weighted by Gasteiger charge is 2.15. The molecule has 0 saturated heterocycles. The molecule has 0 fully saturated rings. The highest BCUT2D eigenvalue weighted by molar-refractivity contribution is 5.85. The predicted molar refractivity (Wildman–Crippen MR) is 109 cm³/mol. The van der Waals surface area contributed by atoms with Gasteiger partial charge in [-0.2, -0.15) is 0 Å². The summed E-state index contributed by atoms with van der Waals surface area (Å²) in [6.07, 6.45) is 7.07. The molecule has 2 heterocycles. The number of fused-ring (bicyclic) bond motifs is 1. The van der Waals surface area contributed by atoms with Crippen LogP contribution in [0.5, 0.6) is 0 Å². The fourth-order valence-corrected chi connectivity index (χ4v) is 2.96. The Bertz CT molecular complexity index is 895. The first-order valence-corrected chi connectivity index (χ1v) is 9.55. The number of nitrogens with zero attached hydrogens (tertiary/aromatic N) is 3. The van der Waals surface area contributed by atoms with E-state index in [1.807, 2.05) is 31.4 Å². The van der Waals surface area contributed by atoms with Gasteiger partial charge >= 0.3 is 6.09 Å². The van der Waals surface area contributed by atoms with E-state index in [0.29, 0.717) is 13.1 Å². The third-order valence-corrected chi connectivity index (χ3v) is 4.24.